The van der Waals surface area contributed by atoms with Crippen molar-refractivity contribution in [2.24, 2.45) is 0 Å². The number of hydrogen-bond acceptors (Lipinski definition) is 3. The van der Waals surface area contributed by atoms with Gasteiger partial charge in [0.25, 0.3) is 5.91 Å². The van der Waals surface area contributed by atoms with Gasteiger partial charge in [-0.25, -0.2) is 9.37 Å². The molecular formula is C16H13ClFN3O2. The number of pyridine rings is 1. The Bertz CT molecular complexity index is 908. The van der Waals surface area contributed by atoms with Crippen LogP contribution in [0.5, 0.6) is 5.75 Å². The summed E-state index contributed by atoms with van der Waals surface area (Å²) in [6.07, 6.45) is 1.23. The first-order chi connectivity index (χ1) is 11.0. The summed E-state index contributed by atoms with van der Waals surface area (Å²) >= 11 is 6.04. The van der Waals surface area contributed by atoms with E-state index in [1.54, 1.807) is 25.1 Å². The zero-order valence-electron chi connectivity index (χ0n) is 12.4. The van der Waals surface area contributed by atoms with Gasteiger partial charge in [-0.2, -0.15) is 0 Å². The van der Waals surface area contributed by atoms with Crippen molar-refractivity contribution in [1.29, 1.82) is 0 Å². The van der Waals surface area contributed by atoms with Crippen LogP contribution in [0.2, 0.25) is 5.02 Å². The fourth-order valence-corrected chi connectivity index (χ4v) is 2.60. The number of carbonyl (C=O) groups excluding carboxylic acids is 1. The molecule has 0 aliphatic heterocycles. The average molecular weight is 334 g/mol. The zero-order valence-corrected chi connectivity index (χ0v) is 13.2. The average Bonchev–Trinajstić information content (AvgIpc) is 2.82. The molecule has 0 bridgehead atoms. The molecule has 1 aromatic carbocycles. The molecule has 0 aliphatic rings. The zero-order chi connectivity index (χ0) is 16.6. The van der Waals surface area contributed by atoms with Crippen molar-refractivity contribution >= 4 is 28.8 Å². The number of methoxy groups -OCH3 is 1. The summed E-state index contributed by atoms with van der Waals surface area (Å²) in [6.45, 7) is 1.70. The van der Waals surface area contributed by atoms with Crippen LogP contribution in [0.15, 0.2) is 36.5 Å². The van der Waals surface area contributed by atoms with Gasteiger partial charge >= 0.3 is 0 Å². The first kappa shape index (κ1) is 15.3. The predicted molar refractivity (Wildman–Crippen MR) is 85.8 cm³/mol. The molecule has 2 aromatic heterocycles. The van der Waals surface area contributed by atoms with E-state index in [0.29, 0.717) is 27.8 Å². The molecule has 0 unspecified atom stereocenters. The van der Waals surface area contributed by atoms with Gasteiger partial charge in [-0.1, -0.05) is 11.6 Å². The lowest BCUT2D eigenvalue weighted by Crippen LogP contribution is -2.15. The Morgan fingerprint density at radius 2 is 2.13 bits per heavy atom. The highest BCUT2D eigenvalue weighted by Crippen LogP contribution is 2.27. The maximum atomic E-state index is 13.4. The van der Waals surface area contributed by atoms with E-state index in [9.17, 15) is 9.18 Å². The van der Waals surface area contributed by atoms with Crippen LogP contribution in [-0.4, -0.2) is 22.4 Å². The molecular weight excluding hydrogens is 321 g/mol. The first-order valence-electron chi connectivity index (χ1n) is 6.78. The Morgan fingerprint density at radius 1 is 1.35 bits per heavy atom. The Balaban J connectivity index is 1.96. The van der Waals surface area contributed by atoms with E-state index >= 15 is 0 Å². The Labute approximate surface area is 136 Å². The third kappa shape index (κ3) is 2.85. The van der Waals surface area contributed by atoms with E-state index in [4.69, 9.17) is 16.3 Å². The number of nitrogens with one attached hydrogen (secondary N) is 1. The first-order valence-corrected chi connectivity index (χ1v) is 7.16. The highest BCUT2D eigenvalue weighted by Gasteiger charge is 2.17. The lowest BCUT2D eigenvalue weighted by molar-refractivity contribution is 0.102. The Kier molecular flexibility index (Phi) is 3.92. The van der Waals surface area contributed by atoms with Gasteiger partial charge < -0.3 is 10.1 Å². The van der Waals surface area contributed by atoms with Crippen LogP contribution in [0.1, 0.15) is 16.2 Å². The van der Waals surface area contributed by atoms with Crippen LogP contribution < -0.4 is 10.1 Å². The van der Waals surface area contributed by atoms with E-state index < -0.39 is 11.7 Å². The second-order valence-electron chi connectivity index (χ2n) is 4.92. The topological polar surface area (TPSA) is 55.6 Å². The minimum Gasteiger partial charge on any atom is -0.495 e. The fraction of sp³-hybridized carbons (Fsp3) is 0.125. The number of imidazole rings is 1. The second-order valence-corrected chi connectivity index (χ2v) is 5.33. The summed E-state index contributed by atoms with van der Waals surface area (Å²) < 4.78 is 19.9. The Morgan fingerprint density at radius 3 is 2.83 bits per heavy atom. The molecule has 0 saturated heterocycles. The van der Waals surface area contributed by atoms with Crippen LogP contribution in [0.4, 0.5) is 10.1 Å². The van der Waals surface area contributed by atoms with Gasteiger partial charge in [0.15, 0.2) is 0 Å². The third-order valence-electron chi connectivity index (χ3n) is 3.38. The molecule has 0 radical (unpaired) electrons. The molecule has 0 saturated carbocycles. The molecule has 3 aromatic rings. The van der Waals surface area contributed by atoms with E-state index in [-0.39, 0.29) is 5.69 Å². The molecule has 23 heavy (non-hydrogen) atoms. The van der Waals surface area contributed by atoms with E-state index in [0.717, 1.165) is 0 Å². The van der Waals surface area contributed by atoms with Crippen LogP contribution in [-0.2, 0) is 0 Å². The van der Waals surface area contributed by atoms with Crippen LogP contribution in [0.3, 0.4) is 0 Å². The quantitative estimate of drug-likeness (QED) is 0.795. The summed E-state index contributed by atoms with van der Waals surface area (Å²) in [5.74, 6) is -0.337. The largest absolute Gasteiger partial charge is 0.495 e. The van der Waals surface area contributed by atoms with E-state index in [1.165, 1.54) is 29.8 Å². The molecule has 0 fully saturated rings. The Hall–Kier alpha value is -2.60. The summed E-state index contributed by atoms with van der Waals surface area (Å²) in [5, 5.41) is 3.11. The highest BCUT2D eigenvalue weighted by molar-refractivity contribution is 6.32. The van der Waals surface area contributed by atoms with Gasteiger partial charge in [-0.05, 0) is 37.3 Å². The number of amides is 1. The lowest BCUT2D eigenvalue weighted by atomic mass is 10.2. The van der Waals surface area contributed by atoms with Crippen LogP contribution >= 0.6 is 11.6 Å². The maximum absolute atomic E-state index is 13.4. The van der Waals surface area contributed by atoms with Gasteiger partial charge in [0, 0.05) is 11.9 Å². The number of ether oxygens (including phenoxy) is 1. The molecule has 0 spiro atoms. The molecule has 0 atom stereocenters. The van der Waals surface area contributed by atoms with Crippen molar-refractivity contribution in [2.75, 3.05) is 12.4 Å². The summed E-state index contributed by atoms with van der Waals surface area (Å²) in [6, 6.07) is 7.72. The minimum atomic E-state index is -0.448. The van der Waals surface area contributed by atoms with Crippen molar-refractivity contribution < 1.29 is 13.9 Å². The number of carbonyl (C=O) groups is 1. The number of fused-ring (bicyclic) bond motifs is 1. The number of halogens is 2. The molecule has 7 heteroatoms. The van der Waals surface area contributed by atoms with Crippen LogP contribution in [0, 0.1) is 12.7 Å². The highest BCUT2D eigenvalue weighted by atomic mass is 35.5. The van der Waals surface area contributed by atoms with Gasteiger partial charge in [-0.15, -0.1) is 0 Å². The summed E-state index contributed by atoms with van der Waals surface area (Å²) in [7, 11) is 1.51. The predicted octanol–water partition coefficient (Wildman–Crippen LogP) is 3.70. The molecule has 0 aliphatic carbocycles. The number of rotatable bonds is 3. The monoisotopic (exact) mass is 333 g/mol. The number of aryl methyl sites for hydroxylation is 1. The van der Waals surface area contributed by atoms with Gasteiger partial charge in [0.2, 0.25) is 0 Å². The van der Waals surface area contributed by atoms with Crippen molar-refractivity contribution in [3.63, 3.8) is 0 Å². The molecule has 1 N–H and O–H groups in total. The molecule has 5 nitrogen and oxygen atoms in total. The summed E-state index contributed by atoms with van der Waals surface area (Å²) in [5.41, 5.74) is 1.78. The third-order valence-corrected chi connectivity index (χ3v) is 3.68. The van der Waals surface area contributed by atoms with Crippen molar-refractivity contribution in [2.45, 2.75) is 6.92 Å². The number of benzene rings is 1. The number of hydrogen-bond donors (Lipinski definition) is 1. The van der Waals surface area contributed by atoms with E-state index in [2.05, 4.69) is 10.3 Å². The molecule has 3 rings (SSSR count). The second kappa shape index (κ2) is 5.89. The molecule has 1 amide bonds. The fourth-order valence-electron chi connectivity index (χ4n) is 2.34. The van der Waals surface area contributed by atoms with Crippen LogP contribution in [0.25, 0.3) is 5.65 Å². The smallest absolute Gasteiger partial charge is 0.274 e. The molecule has 2 heterocycles. The SMILES string of the molecule is COc1ccc(NC(=O)c2c(C)nc3ccc(F)cn23)cc1Cl. The number of anilines is 1. The molecule has 118 valence electrons. The van der Waals surface area contributed by atoms with Crippen molar-refractivity contribution in [3.05, 3.63) is 58.8 Å². The van der Waals surface area contributed by atoms with E-state index in [1.807, 2.05) is 0 Å². The van der Waals surface area contributed by atoms with Crippen molar-refractivity contribution in [1.82, 2.24) is 9.38 Å². The van der Waals surface area contributed by atoms with Gasteiger partial charge in [0.1, 0.15) is 22.9 Å². The normalized spacial score (nSPS) is 10.8. The summed E-state index contributed by atoms with van der Waals surface area (Å²) in [4.78, 5) is 16.8. The minimum absolute atomic E-state index is 0.270. The van der Waals surface area contributed by atoms with Gasteiger partial charge in [-0.3, -0.25) is 9.20 Å². The standard InChI is InChI=1S/C16H13ClFN3O2/c1-9-15(21-8-10(18)3-6-14(21)19-9)16(22)20-11-4-5-13(23-2)12(17)7-11/h3-8H,1-2H3,(H,20,22). The maximum Gasteiger partial charge on any atom is 0.274 e. The van der Waals surface area contributed by atoms with Gasteiger partial charge in [0.05, 0.1) is 17.8 Å². The lowest BCUT2D eigenvalue weighted by Gasteiger charge is -2.08. The van der Waals surface area contributed by atoms with Crippen molar-refractivity contribution in [3.8, 4) is 5.75 Å². The number of nitrogens with zero attached hydrogens (tertiary/aromatic N) is 2. The number of aromatic nitrogens is 2.